The van der Waals surface area contributed by atoms with Crippen molar-refractivity contribution in [3.8, 4) is 5.75 Å². The smallest absolute Gasteiger partial charge is 0.270 e. The lowest BCUT2D eigenvalue weighted by Crippen LogP contribution is -2.48. The van der Waals surface area contributed by atoms with E-state index in [1.807, 2.05) is 65.1 Å². The number of benzene rings is 2. The van der Waals surface area contributed by atoms with Gasteiger partial charge in [-0.05, 0) is 42.3 Å². The van der Waals surface area contributed by atoms with Crippen LogP contribution in [0, 0.1) is 0 Å². The first kappa shape index (κ1) is 20.2. The third-order valence-electron chi connectivity index (χ3n) is 5.54. The number of carbonyl (C=O) groups excluding carboxylic acids is 1. The summed E-state index contributed by atoms with van der Waals surface area (Å²) in [6, 6.07) is 22.4. The molecule has 1 saturated heterocycles. The van der Waals surface area contributed by atoms with Gasteiger partial charge < -0.3 is 14.2 Å². The second-order valence-electron chi connectivity index (χ2n) is 7.65. The molecule has 1 fully saturated rings. The molecule has 0 atom stereocenters. The van der Waals surface area contributed by atoms with E-state index in [1.165, 1.54) is 11.1 Å². The van der Waals surface area contributed by atoms with Crippen molar-refractivity contribution in [2.75, 3.05) is 32.8 Å². The van der Waals surface area contributed by atoms with E-state index in [1.54, 1.807) is 0 Å². The van der Waals surface area contributed by atoms with Gasteiger partial charge in [0.2, 0.25) is 0 Å². The highest BCUT2D eigenvalue weighted by molar-refractivity contribution is 5.92. The number of aromatic nitrogens is 1. The predicted molar refractivity (Wildman–Crippen MR) is 119 cm³/mol. The summed E-state index contributed by atoms with van der Waals surface area (Å²) in [6.07, 6.45) is 1.99. The number of piperazine rings is 1. The SMILES string of the molecule is CCOc1ccc(CN2CCN(C(=O)c3cccn3Cc3ccccc3)CC2)cc1. The zero-order chi connectivity index (χ0) is 20.8. The van der Waals surface area contributed by atoms with Crippen LogP contribution in [0.2, 0.25) is 0 Å². The summed E-state index contributed by atoms with van der Waals surface area (Å²) in [5.74, 6) is 1.03. The van der Waals surface area contributed by atoms with Crippen LogP contribution in [0.5, 0.6) is 5.75 Å². The van der Waals surface area contributed by atoms with E-state index < -0.39 is 0 Å². The molecule has 0 bridgehead atoms. The normalized spacial score (nSPS) is 14.6. The summed E-state index contributed by atoms with van der Waals surface area (Å²) in [4.78, 5) is 17.5. The van der Waals surface area contributed by atoms with Gasteiger partial charge in [-0.15, -0.1) is 0 Å². The number of hydrogen-bond acceptors (Lipinski definition) is 3. The standard InChI is InChI=1S/C25H29N3O2/c1-2-30-23-12-10-22(11-13-23)19-26-15-17-27(18-16-26)25(29)24-9-6-14-28(24)20-21-7-4-3-5-8-21/h3-14H,2,15-20H2,1H3. The minimum Gasteiger partial charge on any atom is -0.494 e. The van der Waals surface area contributed by atoms with Crippen LogP contribution >= 0.6 is 0 Å². The van der Waals surface area contributed by atoms with E-state index in [2.05, 4.69) is 29.2 Å². The van der Waals surface area contributed by atoms with E-state index in [-0.39, 0.29) is 5.91 Å². The Morgan fingerprint density at radius 1 is 0.833 bits per heavy atom. The molecular weight excluding hydrogens is 374 g/mol. The zero-order valence-electron chi connectivity index (χ0n) is 17.5. The summed E-state index contributed by atoms with van der Waals surface area (Å²) in [5, 5.41) is 0. The molecule has 1 aliphatic heterocycles. The highest BCUT2D eigenvalue weighted by Crippen LogP contribution is 2.16. The first-order valence-electron chi connectivity index (χ1n) is 10.7. The minimum atomic E-state index is 0.122. The maximum absolute atomic E-state index is 13.1. The van der Waals surface area contributed by atoms with Gasteiger partial charge in [-0.1, -0.05) is 42.5 Å². The molecule has 156 valence electrons. The Labute approximate surface area is 178 Å². The molecule has 1 aromatic heterocycles. The van der Waals surface area contributed by atoms with Crippen molar-refractivity contribution in [3.05, 3.63) is 89.7 Å². The molecule has 1 amide bonds. The van der Waals surface area contributed by atoms with Crippen molar-refractivity contribution < 1.29 is 9.53 Å². The first-order valence-corrected chi connectivity index (χ1v) is 10.7. The lowest BCUT2D eigenvalue weighted by atomic mass is 10.2. The van der Waals surface area contributed by atoms with Crippen LogP contribution in [0.4, 0.5) is 0 Å². The fourth-order valence-corrected chi connectivity index (χ4v) is 3.91. The predicted octanol–water partition coefficient (Wildman–Crippen LogP) is 3.89. The molecule has 5 nitrogen and oxygen atoms in total. The largest absolute Gasteiger partial charge is 0.494 e. The molecule has 0 N–H and O–H groups in total. The molecule has 0 saturated carbocycles. The van der Waals surface area contributed by atoms with Gasteiger partial charge >= 0.3 is 0 Å². The van der Waals surface area contributed by atoms with Gasteiger partial charge in [-0.3, -0.25) is 9.69 Å². The average molecular weight is 404 g/mol. The molecule has 1 aliphatic rings. The molecule has 0 unspecified atom stereocenters. The molecule has 2 heterocycles. The van der Waals surface area contributed by atoms with Crippen molar-refractivity contribution in [1.82, 2.24) is 14.4 Å². The Morgan fingerprint density at radius 2 is 1.53 bits per heavy atom. The number of hydrogen-bond donors (Lipinski definition) is 0. The molecule has 3 aromatic rings. The molecule has 2 aromatic carbocycles. The topological polar surface area (TPSA) is 37.7 Å². The average Bonchev–Trinajstić information content (AvgIpc) is 3.24. The Balaban J connectivity index is 1.32. The summed E-state index contributed by atoms with van der Waals surface area (Å²) < 4.78 is 7.56. The van der Waals surface area contributed by atoms with E-state index in [4.69, 9.17) is 4.74 Å². The number of nitrogens with zero attached hydrogens (tertiary/aromatic N) is 3. The lowest BCUT2D eigenvalue weighted by Gasteiger charge is -2.35. The third kappa shape index (κ3) is 4.92. The fraction of sp³-hybridized carbons (Fsp3) is 0.320. The van der Waals surface area contributed by atoms with Gasteiger partial charge in [0.1, 0.15) is 11.4 Å². The number of carbonyl (C=O) groups is 1. The summed E-state index contributed by atoms with van der Waals surface area (Å²) in [5.41, 5.74) is 3.23. The monoisotopic (exact) mass is 403 g/mol. The van der Waals surface area contributed by atoms with Gasteiger partial charge in [0, 0.05) is 45.5 Å². The van der Waals surface area contributed by atoms with Crippen LogP contribution in [0.25, 0.3) is 0 Å². The second-order valence-corrected chi connectivity index (χ2v) is 7.65. The molecule has 0 radical (unpaired) electrons. The maximum atomic E-state index is 13.1. The van der Waals surface area contributed by atoms with Crippen LogP contribution in [0.3, 0.4) is 0 Å². The van der Waals surface area contributed by atoms with Crippen molar-refractivity contribution in [2.45, 2.75) is 20.0 Å². The van der Waals surface area contributed by atoms with Crippen molar-refractivity contribution >= 4 is 5.91 Å². The highest BCUT2D eigenvalue weighted by atomic mass is 16.5. The molecule has 0 aliphatic carbocycles. The van der Waals surface area contributed by atoms with Gasteiger partial charge in [0.05, 0.1) is 6.61 Å². The summed E-state index contributed by atoms with van der Waals surface area (Å²) in [7, 11) is 0. The molecule has 30 heavy (non-hydrogen) atoms. The van der Waals surface area contributed by atoms with Crippen LogP contribution in [-0.4, -0.2) is 53.1 Å². The van der Waals surface area contributed by atoms with Crippen LogP contribution in [0.1, 0.15) is 28.5 Å². The number of ether oxygens (including phenoxy) is 1. The van der Waals surface area contributed by atoms with Crippen LogP contribution < -0.4 is 4.74 Å². The third-order valence-corrected chi connectivity index (χ3v) is 5.54. The van der Waals surface area contributed by atoms with E-state index >= 15 is 0 Å². The molecule has 0 spiro atoms. The van der Waals surface area contributed by atoms with Gasteiger partial charge in [0.25, 0.3) is 5.91 Å². The Kier molecular flexibility index (Phi) is 6.50. The van der Waals surface area contributed by atoms with E-state index in [9.17, 15) is 4.79 Å². The molecule has 4 rings (SSSR count). The quantitative estimate of drug-likeness (QED) is 0.601. The Bertz CT molecular complexity index is 942. The van der Waals surface area contributed by atoms with Gasteiger partial charge in [-0.25, -0.2) is 0 Å². The Hall–Kier alpha value is -3.05. The number of rotatable bonds is 7. The molecular formula is C25H29N3O2. The lowest BCUT2D eigenvalue weighted by molar-refractivity contribution is 0.0618. The van der Waals surface area contributed by atoms with E-state index in [0.29, 0.717) is 13.2 Å². The van der Waals surface area contributed by atoms with Crippen molar-refractivity contribution in [2.24, 2.45) is 0 Å². The van der Waals surface area contributed by atoms with Gasteiger partial charge in [-0.2, -0.15) is 0 Å². The molecule has 5 heteroatoms. The maximum Gasteiger partial charge on any atom is 0.270 e. The Morgan fingerprint density at radius 3 is 2.23 bits per heavy atom. The van der Waals surface area contributed by atoms with Crippen LogP contribution in [0.15, 0.2) is 72.9 Å². The van der Waals surface area contributed by atoms with Crippen molar-refractivity contribution in [1.29, 1.82) is 0 Å². The fourth-order valence-electron chi connectivity index (χ4n) is 3.91. The van der Waals surface area contributed by atoms with E-state index in [0.717, 1.165) is 44.2 Å². The minimum absolute atomic E-state index is 0.122. The number of amides is 1. The summed E-state index contributed by atoms with van der Waals surface area (Å²) in [6.45, 7) is 7.58. The van der Waals surface area contributed by atoms with Crippen LogP contribution in [-0.2, 0) is 13.1 Å². The van der Waals surface area contributed by atoms with Crippen molar-refractivity contribution in [3.63, 3.8) is 0 Å². The highest BCUT2D eigenvalue weighted by Gasteiger charge is 2.24. The second kappa shape index (κ2) is 9.63. The first-order chi connectivity index (χ1) is 14.7. The summed E-state index contributed by atoms with van der Waals surface area (Å²) >= 11 is 0. The van der Waals surface area contributed by atoms with Gasteiger partial charge in [0.15, 0.2) is 0 Å². The zero-order valence-corrected chi connectivity index (χ0v) is 17.5.